The molecule has 0 atom stereocenters. The van der Waals surface area contributed by atoms with Crippen molar-refractivity contribution >= 4 is 29.5 Å². The van der Waals surface area contributed by atoms with Crippen LogP contribution in [-0.2, 0) is 16.2 Å². The van der Waals surface area contributed by atoms with Gasteiger partial charge in [-0.1, -0.05) is 67.4 Å². The fourth-order valence-electron chi connectivity index (χ4n) is 4.72. The minimum absolute atomic E-state index is 0.0217. The number of aromatic nitrogens is 2. The summed E-state index contributed by atoms with van der Waals surface area (Å²) in [5.41, 5.74) is 4.54. The second-order valence-corrected chi connectivity index (χ2v) is 10.4. The van der Waals surface area contributed by atoms with Crippen LogP contribution in [0.5, 0.6) is 5.75 Å². The van der Waals surface area contributed by atoms with E-state index in [9.17, 15) is 14.9 Å². The van der Waals surface area contributed by atoms with Crippen molar-refractivity contribution in [1.82, 2.24) is 14.7 Å². The Kier molecular flexibility index (Phi) is 8.66. The summed E-state index contributed by atoms with van der Waals surface area (Å²) in [4.78, 5) is 27.7. The first kappa shape index (κ1) is 28.6. The first-order valence-electron chi connectivity index (χ1n) is 13.7. The van der Waals surface area contributed by atoms with E-state index in [-0.39, 0.29) is 12.1 Å². The molecule has 0 N–H and O–H groups in total. The molecule has 7 nitrogen and oxygen atoms in total. The number of amides is 2. The van der Waals surface area contributed by atoms with Gasteiger partial charge in [0.1, 0.15) is 29.7 Å². The number of hydrogen-bond acceptors (Lipinski definition) is 5. The molecule has 8 heteroatoms. The summed E-state index contributed by atoms with van der Waals surface area (Å²) >= 11 is 6.01. The Morgan fingerprint density at radius 3 is 2.48 bits per heavy atom. The minimum Gasteiger partial charge on any atom is -0.489 e. The Bertz CT molecular complexity index is 1730. The van der Waals surface area contributed by atoms with E-state index in [2.05, 4.69) is 0 Å². The number of hydrogen-bond donors (Lipinski definition) is 0. The van der Waals surface area contributed by atoms with Gasteiger partial charge in [0.05, 0.1) is 5.69 Å². The predicted molar refractivity (Wildman–Crippen MR) is 163 cm³/mol. The molecule has 1 aromatic heterocycles. The largest absolute Gasteiger partial charge is 0.489 e. The molecule has 5 rings (SSSR count). The highest BCUT2D eigenvalue weighted by Gasteiger charge is 2.35. The molecule has 210 valence electrons. The number of rotatable bonds is 9. The highest BCUT2D eigenvalue weighted by molar-refractivity contribution is 6.30. The van der Waals surface area contributed by atoms with Crippen LogP contribution in [0.1, 0.15) is 37.8 Å². The maximum Gasteiger partial charge on any atom is 0.271 e. The second kappa shape index (κ2) is 12.7. The Hall–Kier alpha value is -4.93. The molecule has 0 saturated carbocycles. The third-order valence-electron chi connectivity index (χ3n) is 7.05. The number of imide groups is 1. The summed E-state index contributed by atoms with van der Waals surface area (Å²) in [6.45, 7) is 4.25. The molecule has 3 aromatic carbocycles. The van der Waals surface area contributed by atoms with Gasteiger partial charge in [0.25, 0.3) is 11.8 Å². The van der Waals surface area contributed by atoms with Gasteiger partial charge in [0.2, 0.25) is 0 Å². The lowest BCUT2D eigenvalue weighted by Gasteiger charge is -2.27. The van der Waals surface area contributed by atoms with Gasteiger partial charge in [-0.25, -0.2) is 4.68 Å². The van der Waals surface area contributed by atoms with Crippen LogP contribution < -0.4 is 4.74 Å². The molecule has 0 saturated heterocycles. The third kappa shape index (κ3) is 6.04. The molecule has 1 aliphatic rings. The number of para-hydroxylation sites is 1. The summed E-state index contributed by atoms with van der Waals surface area (Å²) in [6, 6.07) is 26.7. The summed E-state index contributed by atoms with van der Waals surface area (Å²) in [6.07, 6.45) is 5.04. The summed E-state index contributed by atoms with van der Waals surface area (Å²) in [7, 11) is 0. The van der Waals surface area contributed by atoms with Gasteiger partial charge in [-0.15, -0.1) is 0 Å². The van der Waals surface area contributed by atoms with Crippen molar-refractivity contribution in [3.05, 3.63) is 118 Å². The quantitative estimate of drug-likeness (QED) is 0.156. The molecule has 0 spiro atoms. The van der Waals surface area contributed by atoms with Crippen LogP contribution in [0.2, 0.25) is 5.02 Å². The summed E-state index contributed by atoms with van der Waals surface area (Å²) in [5, 5.41) is 15.3. The lowest BCUT2D eigenvalue weighted by atomic mass is 9.93. The lowest BCUT2D eigenvalue weighted by molar-refractivity contribution is -0.140. The normalized spacial score (nSPS) is 14.4. The van der Waals surface area contributed by atoms with Crippen LogP contribution in [-0.4, -0.2) is 33.0 Å². The molecule has 0 bridgehead atoms. The van der Waals surface area contributed by atoms with E-state index < -0.39 is 11.8 Å². The lowest BCUT2D eigenvalue weighted by Crippen LogP contribution is -2.43. The van der Waals surface area contributed by atoms with Crippen molar-refractivity contribution in [2.75, 3.05) is 6.54 Å². The van der Waals surface area contributed by atoms with Gasteiger partial charge in [0.15, 0.2) is 0 Å². The minimum atomic E-state index is -0.545. The zero-order chi connectivity index (χ0) is 29.6. The highest BCUT2D eigenvalue weighted by atomic mass is 35.5. The van der Waals surface area contributed by atoms with Crippen molar-refractivity contribution < 1.29 is 14.3 Å². The molecule has 0 fully saturated rings. The van der Waals surface area contributed by atoms with Gasteiger partial charge < -0.3 is 4.74 Å². The van der Waals surface area contributed by atoms with E-state index in [0.717, 1.165) is 23.2 Å². The summed E-state index contributed by atoms with van der Waals surface area (Å²) < 4.78 is 7.82. The molecule has 0 radical (unpaired) electrons. The average molecular weight is 577 g/mol. The number of nitriles is 1. The zero-order valence-corrected chi connectivity index (χ0v) is 24.1. The fraction of sp³-hybridized carbons (Fsp3) is 0.176. The topological polar surface area (TPSA) is 88.2 Å². The van der Waals surface area contributed by atoms with Crippen molar-refractivity contribution in [2.45, 2.75) is 33.3 Å². The fourth-order valence-corrected chi connectivity index (χ4v) is 4.84. The maximum absolute atomic E-state index is 13.6. The van der Waals surface area contributed by atoms with Crippen molar-refractivity contribution in [1.29, 1.82) is 5.26 Å². The first-order chi connectivity index (χ1) is 20.4. The van der Waals surface area contributed by atoms with Crippen molar-refractivity contribution in [3.8, 4) is 28.8 Å². The molecular formula is C34H29ClN4O3. The van der Waals surface area contributed by atoms with Gasteiger partial charge in [-0.2, -0.15) is 10.4 Å². The van der Waals surface area contributed by atoms with Crippen LogP contribution in [0.4, 0.5) is 0 Å². The Balaban J connectivity index is 1.57. The van der Waals surface area contributed by atoms with Gasteiger partial charge in [-0.05, 0) is 67.0 Å². The highest BCUT2D eigenvalue weighted by Crippen LogP contribution is 2.32. The van der Waals surface area contributed by atoms with Crippen molar-refractivity contribution in [2.24, 2.45) is 0 Å². The SMILES string of the molecule is CCCCN1C(=O)C(C#N)=C(C)/C(=C\c2cn(-c3ccccc3)nc2-c2cccc(OCc3ccc(Cl)cc3)c2)C1=O. The Morgan fingerprint density at radius 2 is 1.76 bits per heavy atom. The van der Waals surface area contributed by atoms with Crippen LogP contribution >= 0.6 is 11.6 Å². The van der Waals surface area contributed by atoms with E-state index in [1.807, 2.05) is 98.1 Å². The van der Waals surface area contributed by atoms with E-state index in [4.69, 9.17) is 21.4 Å². The average Bonchev–Trinajstić information content (AvgIpc) is 3.44. The Labute approximate surface area is 249 Å². The zero-order valence-electron chi connectivity index (χ0n) is 23.4. The standard InChI is InChI=1S/C34H29ClN4O3/c1-3-4-17-38-33(40)30(23(2)31(20-36)34(38)41)19-26-21-39(28-10-6-5-7-11-28)37-32(26)25-9-8-12-29(18-25)42-22-24-13-15-27(35)16-14-24/h5-16,18-19,21H,3-4,17,22H2,1-2H3/b30-19+. The summed E-state index contributed by atoms with van der Waals surface area (Å²) in [5.74, 6) is -0.303. The number of unbranched alkanes of at least 4 members (excludes halogenated alkanes) is 1. The van der Waals surface area contributed by atoms with E-state index in [0.29, 0.717) is 46.2 Å². The number of benzene rings is 3. The monoisotopic (exact) mass is 576 g/mol. The maximum atomic E-state index is 13.6. The van der Waals surface area contributed by atoms with Crippen LogP contribution in [0.25, 0.3) is 23.0 Å². The van der Waals surface area contributed by atoms with Crippen LogP contribution in [0, 0.1) is 11.3 Å². The van der Waals surface area contributed by atoms with Gasteiger partial charge in [-0.3, -0.25) is 14.5 Å². The van der Waals surface area contributed by atoms with Crippen LogP contribution in [0.3, 0.4) is 0 Å². The molecule has 1 aliphatic heterocycles. The molecule has 4 aromatic rings. The number of halogens is 1. The van der Waals surface area contributed by atoms with Crippen molar-refractivity contribution in [3.63, 3.8) is 0 Å². The first-order valence-corrected chi connectivity index (χ1v) is 14.1. The molecule has 0 aliphatic carbocycles. The molecule has 2 amide bonds. The predicted octanol–water partition coefficient (Wildman–Crippen LogP) is 7.16. The number of ether oxygens (including phenoxy) is 1. The Morgan fingerprint density at radius 1 is 1.00 bits per heavy atom. The number of nitrogens with zero attached hydrogens (tertiary/aromatic N) is 4. The number of carbonyl (C=O) groups excluding carboxylic acids is 2. The van der Waals surface area contributed by atoms with E-state index >= 15 is 0 Å². The third-order valence-corrected chi connectivity index (χ3v) is 7.30. The smallest absolute Gasteiger partial charge is 0.271 e. The second-order valence-electron chi connectivity index (χ2n) is 9.94. The van der Waals surface area contributed by atoms with E-state index in [1.54, 1.807) is 17.7 Å². The van der Waals surface area contributed by atoms with Crippen LogP contribution in [0.15, 0.2) is 102 Å². The molecular weight excluding hydrogens is 548 g/mol. The molecule has 2 heterocycles. The van der Waals surface area contributed by atoms with Gasteiger partial charge in [0, 0.05) is 34.5 Å². The number of carbonyl (C=O) groups is 2. The van der Waals surface area contributed by atoms with E-state index in [1.165, 1.54) is 4.90 Å². The molecule has 0 unspecified atom stereocenters. The molecule has 42 heavy (non-hydrogen) atoms. The van der Waals surface area contributed by atoms with Gasteiger partial charge >= 0.3 is 0 Å².